The molecule has 0 saturated heterocycles. The Balaban J connectivity index is 1.77. The number of benzene rings is 1. The van der Waals surface area contributed by atoms with E-state index in [9.17, 15) is 9.59 Å². The Morgan fingerprint density at radius 1 is 1.33 bits per heavy atom. The van der Waals surface area contributed by atoms with Crippen molar-refractivity contribution in [1.29, 1.82) is 0 Å². The standard InChI is InChI=1S/C15H15N3O3/c19-12-21-14-4-1-13(2-5-14)3-6-15(20)17-8-10-18-9-7-16-11-18/h1-7,9,11-12H,8,10H2,(H,17,20). The van der Waals surface area contributed by atoms with Crippen molar-refractivity contribution < 1.29 is 14.3 Å². The monoisotopic (exact) mass is 285 g/mol. The minimum atomic E-state index is -0.164. The Morgan fingerprint density at radius 3 is 2.81 bits per heavy atom. The second-order valence-electron chi connectivity index (χ2n) is 4.21. The lowest BCUT2D eigenvalue weighted by atomic mass is 10.2. The Morgan fingerprint density at radius 2 is 2.14 bits per heavy atom. The van der Waals surface area contributed by atoms with Crippen LogP contribution in [0.15, 0.2) is 49.1 Å². The molecule has 0 radical (unpaired) electrons. The Bertz CT molecular complexity index is 604. The summed E-state index contributed by atoms with van der Waals surface area (Å²) < 4.78 is 6.57. The number of nitrogens with one attached hydrogen (secondary N) is 1. The zero-order valence-corrected chi connectivity index (χ0v) is 11.3. The van der Waals surface area contributed by atoms with Gasteiger partial charge in [-0.1, -0.05) is 12.1 Å². The molecular weight excluding hydrogens is 270 g/mol. The number of aromatic nitrogens is 2. The number of imidazole rings is 1. The molecular formula is C15H15N3O3. The zero-order chi connectivity index (χ0) is 14.9. The first-order valence-electron chi connectivity index (χ1n) is 6.40. The van der Waals surface area contributed by atoms with Gasteiger partial charge in [0.15, 0.2) is 0 Å². The maximum Gasteiger partial charge on any atom is 0.298 e. The topological polar surface area (TPSA) is 73.2 Å². The summed E-state index contributed by atoms with van der Waals surface area (Å²) in [7, 11) is 0. The van der Waals surface area contributed by atoms with Gasteiger partial charge in [0.2, 0.25) is 5.91 Å². The summed E-state index contributed by atoms with van der Waals surface area (Å²) >= 11 is 0. The first-order valence-corrected chi connectivity index (χ1v) is 6.40. The average molecular weight is 285 g/mol. The van der Waals surface area contributed by atoms with Crippen LogP contribution in [-0.2, 0) is 16.1 Å². The number of nitrogens with zero attached hydrogens (tertiary/aromatic N) is 2. The number of rotatable bonds is 7. The molecule has 0 fully saturated rings. The van der Waals surface area contributed by atoms with E-state index in [2.05, 4.69) is 15.0 Å². The molecule has 0 unspecified atom stereocenters. The van der Waals surface area contributed by atoms with Crippen LogP contribution in [0.25, 0.3) is 6.08 Å². The van der Waals surface area contributed by atoms with Crippen molar-refractivity contribution in [3.8, 4) is 5.75 Å². The second-order valence-corrected chi connectivity index (χ2v) is 4.21. The van der Waals surface area contributed by atoms with Gasteiger partial charge in [0, 0.05) is 31.6 Å². The normalized spacial score (nSPS) is 10.5. The minimum absolute atomic E-state index is 0.164. The van der Waals surface area contributed by atoms with E-state index >= 15 is 0 Å². The Kier molecular flexibility index (Phi) is 5.28. The highest BCUT2D eigenvalue weighted by Crippen LogP contribution is 2.12. The first kappa shape index (κ1) is 14.5. The van der Waals surface area contributed by atoms with Gasteiger partial charge in [0.1, 0.15) is 5.75 Å². The molecule has 0 aliphatic rings. The molecule has 1 N–H and O–H groups in total. The van der Waals surface area contributed by atoms with Crippen molar-refractivity contribution in [3.05, 3.63) is 54.6 Å². The Hall–Kier alpha value is -2.89. The molecule has 1 aromatic heterocycles. The van der Waals surface area contributed by atoms with Gasteiger partial charge in [-0.3, -0.25) is 9.59 Å². The summed E-state index contributed by atoms with van der Waals surface area (Å²) in [4.78, 5) is 25.7. The predicted octanol–water partition coefficient (Wildman–Crippen LogP) is 1.25. The summed E-state index contributed by atoms with van der Waals surface area (Å²) in [6, 6.07) is 6.83. The van der Waals surface area contributed by atoms with Gasteiger partial charge in [-0.05, 0) is 23.8 Å². The minimum Gasteiger partial charge on any atom is -0.429 e. The quantitative estimate of drug-likeness (QED) is 0.614. The van der Waals surface area contributed by atoms with Gasteiger partial charge in [-0.25, -0.2) is 4.98 Å². The third-order valence-corrected chi connectivity index (χ3v) is 2.72. The molecule has 1 amide bonds. The van der Waals surface area contributed by atoms with Crippen LogP contribution in [0.5, 0.6) is 5.75 Å². The molecule has 1 heterocycles. The molecule has 6 heteroatoms. The smallest absolute Gasteiger partial charge is 0.298 e. The molecule has 0 bridgehead atoms. The largest absolute Gasteiger partial charge is 0.429 e. The summed E-state index contributed by atoms with van der Waals surface area (Å²) in [5, 5.41) is 2.78. The first-order chi connectivity index (χ1) is 10.3. The van der Waals surface area contributed by atoms with Gasteiger partial charge in [-0.15, -0.1) is 0 Å². The van der Waals surface area contributed by atoms with Crippen molar-refractivity contribution in [2.24, 2.45) is 0 Å². The molecule has 1 aromatic carbocycles. The maximum absolute atomic E-state index is 11.6. The third-order valence-electron chi connectivity index (χ3n) is 2.72. The third kappa shape index (κ3) is 4.94. The molecule has 0 atom stereocenters. The van der Waals surface area contributed by atoms with E-state index in [0.29, 0.717) is 25.3 Å². The molecule has 21 heavy (non-hydrogen) atoms. The van der Waals surface area contributed by atoms with Crippen molar-refractivity contribution in [2.45, 2.75) is 6.54 Å². The Labute approximate surface area is 122 Å². The van der Waals surface area contributed by atoms with Crippen LogP contribution in [0.2, 0.25) is 0 Å². The SMILES string of the molecule is O=COc1ccc(C=CC(=O)NCCn2ccnc2)cc1. The van der Waals surface area contributed by atoms with E-state index in [1.807, 2.05) is 10.8 Å². The molecule has 0 aliphatic heterocycles. The van der Waals surface area contributed by atoms with Crippen molar-refractivity contribution in [3.63, 3.8) is 0 Å². The highest BCUT2D eigenvalue weighted by Gasteiger charge is 1.96. The van der Waals surface area contributed by atoms with Crippen LogP contribution in [0, 0.1) is 0 Å². The molecule has 108 valence electrons. The number of carbonyl (C=O) groups excluding carboxylic acids is 2. The van der Waals surface area contributed by atoms with E-state index in [1.54, 1.807) is 42.9 Å². The molecule has 2 aromatic rings. The van der Waals surface area contributed by atoms with Crippen molar-refractivity contribution >= 4 is 18.5 Å². The molecule has 0 spiro atoms. The molecule has 0 saturated carbocycles. The molecule has 2 rings (SSSR count). The van der Waals surface area contributed by atoms with E-state index < -0.39 is 0 Å². The van der Waals surface area contributed by atoms with Crippen molar-refractivity contribution in [1.82, 2.24) is 14.9 Å². The highest BCUT2D eigenvalue weighted by molar-refractivity contribution is 5.91. The predicted molar refractivity (Wildman–Crippen MR) is 77.4 cm³/mol. The number of hydrogen-bond acceptors (Lipinski definition) is 4. The van der Waals surface area contributed by atoms with E-state index in [4.69, 9.17) is 0 Å². The van der Waals surface area contributed by atoms with Gasteiger partial charge in [-0.2, -0.15) is 0 Å². The fourth-order valence-corrected chi connectivity index (χ4v) is 1.67. The maximum atomic E-state index is 11.6. The number of carbonyl (C=O) groups is 2. The van der Waals surface area contributed by atoms with Crippen LogP contribution in [-0.4, -0.2) is 28.5 Å². The number of ether oxygens (including phenoxy) is 1. The fourth-order valence-electron chi connectivity index (χ4n) is 1.67. The van der Waals surface area contributed by atoms with Crippen LogP contribution < -0.4 is 10.1 Å². The van der Waals surface area contributed by atoms with Crippen LogP contribution >= 0.6 is 0 Å². The van der Waals surface area contributed by atoms with Gasteiger partial charge >= 0.3 is 0 Å². The highest BCUT2D eigenvalue weighted by atomic mass is 16.5. The van der Waals surface area contributed by atoms with Crippen LogP contribution in [0.1, 0.15) is 5.56 Å². The second kappa shape index (κ2) is 7.64. The average Bonchev–Trinajstić information content (AvgIpc) is 3.00. The summed E-state index contributed by atoms with van der Waals surface area (Å²) in [6.07, 6.45) is 8.39. The molecule has 6 nitrogen and oxygen atoms in total. The number of amides is 1. The van der Waals surface area contributed by atoms with E-state index in [0.717, 1.165) is 5.56 Å². The van der Waals surface area contributed by atoms with Crippen LogP contribution in [0.3, 0.4) is 0 Å². The molecule has 0 aliphatic carbocycles. The fraction of sp³-hybridized carbons (Fsp3) is 0.133. The zero-order valence-electron chi connectivity index (χ0n) is 11.3. The number of hydrogen-bond donors (Lipinski definition) is 1. The van der Waals surface area contributed by atoms with E-state index in [-0.39, 0.29) is 5.91 Å². The summed E-state index contributed by atoms with van der Waals surface area (Å²) in [5.74, 6) is 0.301. The van der Waals surface area contributed by atoms with Gasteiger partial charge in [0.05, 0.1) is 6.33 Å². The van der Waals surface area contributed by atoms with E-state index in [1.165, 1.54) is 6.08 Å². The van der Waals surface area contributed by atoms with Gasteiger partial charge < -0.3 is 14.6 Å². The van der Waals surface area contributed by atoms with Crippen LogP contribution in [0.4, 0.5) is 0 Å². The lowest BCUT2D eigenvalue weighted by Crippen LogP contribution is -2.25. The summed E-state index contributed by atoms with van der Waals surface area (Å²) in [6.45, 7) is 1.58. The lowest BCUT2D eigenvalue weighted by Gasteiger charge is -2.03. The lowest BCUT2D eigenvalue weighted by molar-refractivity contribution is -0.120. The van der Waals surface area contributed by atoms with Crippen molar-refractivity contribution in [2.75, 3.05) is 6.54 Å². The summed E-state index contributed by atoms with van der Waals surface area (Å²) in [5.41, 5.74) is 0.845. The van der Waals surface area contributed by atoms with Gasteiger partial charge in [0.25, 0.3) is 6.47 Å².